The maximum atomic E-state index is 14.1. The van der Waals surface area contributed by atoms with Crippen molar-refractivity contribution in [2.24, 2.45) is 11.8 Å². The Kier molecular flexibility index (Phi) is 11.0. The van der Waals surface area contributed by atoms with Crippen molar-refractivity contribution in [3.05, 3.63) is 59.7 Å². The number of nitrogens with zero attached hydrogens (tertiary/aromatic N) is 3. The molecule has 0 radical (unpaired) electrons. The van der Waals surface area contributed by atoms with Crippen LogP contribution in [0, 0.1) is 11.8 Å². The van der Waals surface area contributed by atoms with E-state index in [9.17, 15) is 9.59 Å². The summed E-state index contributed by atoms with van der Waals surface area (Å²) in [7, 11) is 3.27. The number of methoxy groups -OCH3 is 2. The standard InChI is InChI=1S/C35H50N4O5/c1-25(2)37(34(40)27-11-16-32(43-4)33(19-27)44-18-8-17-42-3)23-28-20-36-21-29(28)24-39(31-14-15-31)35(41)38(30-12-13-30)22-26-9-6-5-7-10-26/h5-7,9-11,16,19,25,28-31,36H,8,12-15,17-18,20-24H2,1-4H3. The molecule has 2 aliphatic carbocycles. The number of hydrogen-bond acceptors (Lipinski definition) is 6. The lowest BCUT2D eigenvalue weighted by atomic mass is 9.94. The van der Waals surface area contributed by atoms with Crippen LogP contribution in [0.15, 0.2) is 48.5 Å². The molecule has 240 valence electrons. The molecule has 44 heavy (non-hydrogen) atoms. The smallest absolute Gasteiger partial charge is 0.320 e. The summed E-state index contributed by atoms with van der Waals surface area (Å²) in [6, 6.07) is 16.6. The van der Waals surface area contributed by atoms with E-state index in [0.29, 0.717) is 55.4 Å². The third kappa shape index (κ3) is 8.24. The van der Waals surface area contributed by atoms with Gasteiger partial charge in [-0.2, -0.15) is 0 Å². The highest BCUT2D eigenvalue weighted by atomic mass is 16.5. The third-order valence-corrected chi connectivity index (χ3v) is 9.05. The van der Waals surface area contributed by atoms with Crippen LogP contribution in [0.1, 0.15) is 61.9 Å². The summed E-state index contributed by atoms with van der Waals surface area (Å²) in [6.45, 7) is 8.92. The lowest BCUT2D eigenvalue weighted by Crippen LogP contribution is -2.49. The first-order valence-corrected chi connectivity index (χ1v) is 16.3. The van der Waals surface area contributed by atoms with Crippen LogP contribution in [0.2, 0.25) is 0 Å². The highest BCUT2D eigenvalue weighted by Crippen LogP contribution is 2.35. The van der Waals surface area contributed by atoms with Crippen molar-refractivity contribution in [1.82, 2.24) is 20.0 Å². The molecule has 2 saturated carbocycles. The molecule has 1 heterocycles. The molecule has 1 aliphatic heterocycles. The van der Waals surface area contributed by atoms with Crippen LogP contribution in [-0.2, 0) is 11.3 Å². The molecular weight excluding hydrogens is 556 g/mol. The number of hydrogen-bond donors (Lipinski definition) is 1. The van der Waals surface area contributed by atoms with Crippen LogP contribution < -0.4 is 14.8 Å². The Bertz CT molecular complexity index is 1230. The lowest BCUT2D eigenvalue weighted by molar-refractivity contribution is 0.0648. The van der Waals surface area contributed by atoms with Crippen molar-refractivity contribution in [3.63, 3.8) is 0 Å². The fraction of sp³-hybridized carbons (Fsp3) is 0.600. The summed E-state index contributed by atoms with van der Waals surface area (Å²) >= 11 is 0. The molecular formula is C35H50N4O5. The number of carbonyl (C=O) groups is 2. The molecule has 2 aromatic carbocycles. The summed E-state index contributed by atoms with van der Waals surface area (Å²) in [5.74, 6) is 1.68. The minimum absolute atomic E-state index is 0.0204. The largest absolute Gasteiger partial charge is 0.493 e. The van der Waals surface area contributed by atoms with Crippen molar-refractivity contribution >= 4 is 11.9 Å². The molecule has 0 spiro atoms. The Morgan fingerprint density at radius 2 is 1.55 bits per heavy atom. The van der Waals surface area contributed by atoms with Gasteiger partial charge >= 0.3 is 6.03 Å². The van der Waals surface area contributed by atoms with Gasteiger partial charge in [-0.15, -0.1) is 0 Å². The van der Waals surface area contributed by atoms with Crippen molar-refractivity contribution in [2.75, 3.05) is 53.6 Å². The van der Waals surface area contributed by atoms with E-state index in [1.807, 2.05) is 29.2 Å². The van der Waals surface area contributed by atoms with E-state index < -0.39 is 0 Å². The fourth-order valence-corrected chi connectivity index (χ4v) is 6.18. The van der Waals surface area contributed by atoms with Crippen molar-refractivity contribution in [3.8, 4) is 11.5 Å². The second kappa shape index (κ2) is 15.1. The number of amides is 3. The molecule has 5 rings (SSSR count). The Hall–Kier alpha value is -3.30. The van der Waals surface area contributed by atoms with Gasteiger partial charge in [0.15, 0.2) is 11.5 Å². The topological polar surface area (TPSA) is 83.6 Å². The van der Waals surface area contributed by atoms with Gasteiger partial charge in [0.25, 0.3) is 5.91 Å². The number of urea groups is 1. The Morgan fingerprint density at radius 1 is 0.864 bits per heavy atom. The van der Waals surface area contributed by atoms with Gasteiger partial charge in [0, 0.05) is 76.6 Å². The highest BCUT2D eigenvalue weighted by Gasteiger charge is 2.42. The maximum absolute atomic E-state index is 14.1. The van der Waals surface area contributed by atoms with Gasteiger partial charge in [0.2, 0.25) is 0 Å². The molecule has 9 heteroatoms. The van der Waals surface area contributed by atoms with E-state index >= 15 is 0 Å². The average molecular weight is 607 g/mol. The lowest BCUT2D eigenvalue weighted by Gasteiger charge is -2.36. The van der Waals surface area contributed by atoms with Gasteiger partial charge in [-0.3, -0.25) is 4.79 Å². The minimum atomic E-state index is -0.0204. The molecule has 0 bridgehead atoms. The molecule has 2 atom stereocenters. The SMILES string of the molecule is COCCCOc1cc(C(=O)N(CC2CNCC2CN(C(=O)N(Cc2ccccc2)C2CC2)C2CC2)C(C)C)ccc1OC. The van der Waals surface area contributed by atoms with Gasteiger partial charge in [0.05, 0.1) is 13.7 Å². The van der Waals surface area contributed by atoms with E-state index in [4.69, 9.17) is 14.2 Å². The zero-order chi connectivity index (χ0) is 31.1. The number of nitrogens with one attached hydrogen (secondary N) is 1. The van der Waals surface area contributed by atoms with Gasteiger partial charge in [0.1, 0.15) is 0 Å². The van der Waals surface area contributed by atoms with E-state index in [1.165, 1.54) is 5.56 Å². The first-order chi connectivity index (χ1) is 21.4. The van der Waals surface area contributed by atoms with Crippen LogP contribution in [-0.4, -0.2) is 98.4 Å². The normalized spacial score (nSPS) is 19.6. The quantitative estimate of drug-likeness (QED) is 0.270. The first kappa shape index (κ1) is 32.1. The molecule has 1 N–H and O–H groups in total. The van der Waals surface area contributed by atoms with E-state index in [-0.39, 0.29) is 29.8 Å². The fourth-order valence-electron chi connectivity index (χ4n) is 6.18. The second-order valence-corrected chi connectivity index (χ2v) is 12.8. The summed E-state index contributed by atoms with van der Waals surface area (Å²) in [5.41, 5.74) is 1.76. The summed E-state index contributed by atoms with van der Waals surface area (Å²) < 4.78 is 16.6. The predicted octanol–water partition coefficient (Wildman–Crippen LogP) is 5.05. The van der Waals surface area contributed by atoms with E-state index in [2.05, 4.69) is 41.1 Å². The molecule has 9 nitrogen and oxygen atoms in total. The Labute approximate surface area is 262 Å². The van der Waals surface area contributed by atoms with Crippen LogP contribution >= 0.6 is 0 Å². The average Bonchev–Trinajstić information content (AvgIpc) is 3.98. The monoisotopic (exact) mass is 606 g/mol. The van der Waals surface area contributed by atoms with Crippen LogP contribution in [0.3, 0.4) is 0 Å². The number of carbonyl (C=O) groups excluding carboxylic acids is 2. The van der Waals surface area contributed by atoms with Crippen LogP contribution in [0.25, 0.3) is 0 Å². The van der Waals surface area contributed by atoms with Gasteiger partial charge < -0.3 is 34.2 Å². The molecule has 3 aliphatic rings. The summed E-state index contributed by atoms with van der Waals surface area (Å²) in [5, 5.41) is 3.57. The number of ether oxygens (including phenoxy) is 3. The third-order valence-electron chi connectivity index (χ3n) is 9.05. The molecule has 2 aromatic rings. The molecule has 2 unspecified atom stereocenters. The predicted molar refractivity (Wildman–Crippen MR) is 171 cm³/mol. The van der Waals surface area contributed by atoms with Crippen LogP contribution in [0.5, 0.6) is 11.5 Å². The summed E-state index contributed by atoms with van der Waals surface area (Å²) in [4.78, 5) is 34.2. The van der Waals surface area contributed by atoms with E-state index in [1.54, 1.807) is 26.4 Å². The van der Waals surface area contributed by atoms with Crippen LogP contribution in [0.4, 0.5) is 4.79 Å². The second-order valence-electron chi connectivity index (χ2n) is 12.8. The molecule has 3 amide bonds. The van der Waals surface area contributed by atoms with Gasteiger partial charge in [-0.25, -0.2) is 4.79 Å². The molecule has 1 saturated heterocycles. The minimum Gasteiger partial charge on any atom is -0.493 e. The molecule has 3 fully saturated rings. The highest BCUT2D eigenvalue weighted by molar-refractivity contribution is 5.95. The van der Waals surface area contributed by atoms with Crippen molar-refractivity contribution < 1.29 is 23.8 Å². The van der Waals surface area contributed by atoms with Gasteiger partial charge in [-0.1, -0.05) is 30.3 Å². The number of rotatable bonds is 16. The first-order valence-electron chi connectivity index (χ1n) is 16.3. The summed E-state index contributed by atoms with van der Waals surface area (Å²) in [6.07, 6.45) is 5.06. The zero-order valence-electron chi connectivity index (χ0n) is 26.9. The van der Waals surface area contributed by atoms with Gasteiger partial charge in [-0.05, 0) is 75.1 Å². The zero-order valence-corrected chi connectivity index (χ0v) is 26.9. The van der Waals surface area contributed by atoms with Crippen molar-refractivity contribution in [2.45, 2.75) is 70.6 Å². The Morgan fingerprint density at radius 3 is 2.18 bits per heavy atom. The Balaban J connectivity index is 1.26. The maximum Gasteiger partial charge on any atom is 0.320 e. The number of benzene rings is 2. The molecule has 0 aromatic heterocycles. The van der Waals surface area contributed by atoms with Crippen molar-refractivity contribution in [1.29, 1.82) is 0 Å². The van der Waals surface area contributed by atoms with E-state index in [0.717, 1.165) is 51.7 Å².